The van der Waals surface area contributed by atoms with E-state index in [0.717, 1.165) is 5.76 Å². The molecule has 0 spiro atoms. The Kier molecular flexibility index (Phi) is 3.70. The van der Waals surface area contributed by atoms with Gasteiger partial charge in [0.2, 0.25) is 0 Å². The Morgan fingerprint density at radius 1 is 0.750 bits per heavy atom. The molecule has 0 saturated heterocycles. The minimum atomic E-state index is 0.156. The van der Waals surface area contributed by atoms with Crippen LogP contribution >= 0.6 is 0 Å². The molecule has 0 aromatic heterocycles. The van der Waals surface area contributed by atoms with Crippen LogP contribution in [-0.2, 0) is 4.74 Å². The van der Waals surface area contributed by atoms with E-state index in [0.29, 0.717) is 0 Å². The minimum absolute atomic E-state index is 0.156. The molecule has 4 rings (SSSR count). The highest BCUT2D eigenvalue weighted by Crippen LogP contribution is 2.48. The van der Waals surface area contributed by atoms with Gasteiger partial charge in [0, 0.05) is 5.57 Å². The molecule has 0 fully saturated rings. The maximum Gasteiger partial charge on any atom is 0.116 e. The van der Waals surface area contributed by atoms with Gasteiger partial charge >= 0.3 is 0 Å². The van der Waals surface area contributed by atoms with Crippen LogP contribution in [0.1, 0.15) is 33.7 Å². The Bertz CT molecular complexity index is 889. The molecule has 24 heavy (non-hydrogen) atoms. The third kappa shape index (κ3) is 2.33. The molecule has 0 aliphatic heterocycles. The van der Waals surface area contributed by atoms with Crippen molar-refractivity contribution >= 4 is 5.57 Å². The van der Waals surface area contributed by atoms with Gasteiger partial charge in [0.1, 0.15) is 5.76 Å². The largest absolute Gasteiger partial charge is 0.499 e. The first-order valence-electron chi connectivity index (χ1n) is 8.29. The Labute approximate surface area is 143 Å². The van der Waals surface area contributed by atoms with Gasteiger partial charge in [0.15, 0.2) is 0 Å². The summed E-state index contributed by atoms with van der Waals surface area (Å²) in [5, 5.41) is 0. The highest BCUT2D eigenvalue weighted by atomic mass is 16.5. The highest BCUT2D eigenvalue weighted by molar-refractivity contribution is 5.88. The predicted octanol–water partition coefficient (Wildman–Crippen LogP) is 5.55. The SMILES string of the molecule is COC1=C(c2ccc(C)cc2)c2ccccc2C1c1ccccc1. The zero-order valence-corrected chi connectivity index (χ0v) is 14.0. The van der Waals surface area contributed by atoms with Crippen LogP contribution in [0, 0.1) is 6.92 Å². The lowest BCUT2D eigenvalue weighted by molar-refractivity contribution is 0.278. The molecule has 1 atom stereocenters. The summed E-state index contributed by atoms with van der Waals surface area (Å²) in [4.78, 5) is 0. The smallest absolute Gasteiger partial charge is 0.116 e. The average molecular weight is 312 g/mol. The molecule has 118 valence electrons. The van der Waals surface area contributed by atoms with E-state index in [-0.39, 0.29) is 5.92 Å². The number of ether oxygens (including phenoxy) is 1. The Morgan fingerprint density at radius 2 is 1.42 bits per heavy atom. The van der Waals surface area contributed by atoms with Crippen LogP contribution in [0.3, 0.4) is 0 Å². The summed E-state index contributed by atoms with van der Waals surface area (Å²) in [6, 6.07) is 27.9. The number of aryl methyl sites for hydroxylation is 1. The number of fused-ring (bicyclic) bond motifs is 1. The van der Waals surface area contributed by atoms with E-state index in [4.69, 9.17) is 4.74 Å². The Hall–Kier alpha value is -2.80. The maximum absolute atomic E-state index is 5.94. The molecular formula is C23H20O. The van der Waals surface area contributed by atoms with Gasteiger partial charge in [0.05, 0.1) is 13.0 Å². The molecule has 0 bridgehead atoms. The van der Waals surface area contributed by atoms with Crippen LogP contribution < -0.4 is 0 Å². The van der Waals surface area contributed by atoms with Crippen LogP contribution in [0.2, 0.25) is 0 Å². The van der Waals surface area contributed by atoms with Crippen molar-refractivity contribution < 1.29 is 4.74 Å². The molecule has 0 heterocycles. The molecule has 0 amide bonds. The van der Waals surface area contributed by atoms with Crippen molar-refractivity contribution in [2.45, 2.75) is 12.8 Å². The zero-order chi connectivity index (χ0) is 16.5. The number of hydrogen-bond acceptors (Lipinski definition) is 1. The Balaban J connectivity index is 1.97. The van der Waals surface area contributed by atoms with Crippen LogP contribution in [0.4, 0.5) is 0 Å². The van der Waals surface area contributed by atoms with Crippen molar-refractivity contribution in [2.24, 2.45) is 0 Å². The first-order chi connectivity index (χ1) is 11.8. The van der Waals surface area contributed by atoms with Crippen molar-refractivity contribution in [2.75, 3.05) is 7.11 Å². The lowest BCUT2D eigenvalue weighted by atomic mass is 9.92. The number of benzene rings is 3. The second-order valence-corrected chi connectivity index (χ2v) is 6.24. The zero-order valence-electron chi connectivity index (χ0n) is 14.0. The van der Waals surface area contributed by atoms with E-state index in [1.165, 1.54) is 33.4 Å². The second-order valence-electron chi connectivity index (χ2n) is 6.24. The van der Waals surface area contributed by atoms with Crippen molar-refractivity contribution in [1.29, 1.82) is 0 Å². The Morgan fingerprint density at radius 3 is 2.12 bits per heavy atom. The first kappa shape index (κ1) is 14.8. The van der Waals surface area contributed by atoms with Gasteiger partial charge in [-0.1, -0.05) is 84.4 Å². The van der Waals surface area contributed by atoms with Crippen molar-refractivity contribution in [3.63, 3.8) is 0 Å². The fourth-order valence-electron chi connectivity index (χ4n) is 3.61. The maximum atomic E-state index is 5.94. The van der Waals surface area contributed by atoms with Crippen molar-refractivity contribution in [1.82, 2.24) is 0 Å². The van der Waals surface area contributed by atoms with Gasteiger partial charge in [-0.05, 0) is 29.2 Å². The number of allylic oxidation sites excluding steroid dienone is 1. The number of rotatable bonds is 3. The van der Waals surface area contributed by atoms with Crippen molar-refractivity contribution in [3.8, 4) is 0 Å². The lowest BCUT2D eigenvalue weighted by Gasteiger charge is -2.16. The van der Waals surface area contributed by atoms with Crippen LogP contribution in [0.5, 0.6) is 0 Å². The molecule has 0 radical (unpaired) electrons. The molecular weight excluding hydrogens is 292 g/mol. The third-order valence-electron chi connectivity index (χ3n) is 4.74. The fourth-order valence-corrected chi connectivity index (χ4v) is 3.61. The van der Waals surface area contributed by atoms with Gasteiger partial charge < -0.3 is 4.74 Å². The van der Waals surface area contributed by atoms with Crippen molar-refractivity contribution in [3.05, 3.63) is 112 Å². The molecule has 1 aliphatic rings. The summed E-state index contributed by atoms with van der Waals surface area (Å²) < 4.78 is 5.94. The fraction of sp³-hybridized carbons (Fsp3) is 0.130. The third-order valence-corrected chi connectivity index (χ3v) is 4.74. The van der Waals surface area contributed by atoms with Crippen LogP contribution in [0.25, 0.3) is 5.57 Å². The summed E-state index contributed by atoms with van der Waals surface area (Å²) in [5.74, 6) is 1.19. The van der Waals surface area contributed by atoms with E-state index < -0.39 is 0 Å². The quantitative estimate of drug-likeness (QED) is 0.616. The summed E-state index contributed by atoms with van der Waals surface area (Å²) in [7, 11) is 1.78. The highest BCUT2D eigenvalue weighted by Gasteiger charge is 2.33. The lowest BCUT2D eigenvalue weighted by Crippen LogP contribution is -2.03. The standard InChI is InChI=1S/C23H20O/c1-16-12-14-18(15-13-16)22-20-11-7-6-10-19(20)21(23(22)24-2)17-8-4-3-5-9-17/h3-15,21H,1-2H3. The topological polar surface area (TPSA) is 9.23 Å². The van der Waals surface area contributed by atoms with E-state index in [1.54, 1.807) is 7.11 Å². The monoisotopic (exact) mass is 312 g/mol. The summed E-state index contributed by atoms with van der Waals surface area (Å²) in [6.07, 6.45) is 0. The minimum Gasteiger partial charge on any atom is -0.499 e. The van der Waals surface area contributed by atoms with E-state index in [9.17, 15) is 0 Å². The van der Waals surface area contributed by atoms with Gasteiger partial charge in [-0.2, -0.15) is 0 Å². The molecule has 1 aliphatic carbocycles. The second kappa shape index (κ2) is 6.01. The van der Waals surface area contributed by atoms with Crippen LogP contribution in [0.15, 0.2) is 84.6 Å². The predicted molar refractivity (Wildman–Crippen MR) is 98.9 cm³/mol. The van der Waals surface area contributed by atoms with E-state index in [1.807, 2.05) is 0 Å². The molecule has 3 aromatic carbocycles. The first-order valence-corrected chi connectivity index (χ1v) is 8.29. The number of methoxy groups -OCH3 is 1. The number of hydrogen-bond donors (Lipinski definition) is 0. The van der Waals surface area contributed by atoms with Gasteiger partial charge in [-0.15, -0.1) is 0 Å². The van der Waals surface area contributed by atoms with Gasteiger partial charge in [-0.3, -0.25) is 0 Å². The summed E-state index contributed by atoms with van der Waals surface area (Å²) in [6.45, 7) is 2.12. The normalized spacial score (nSPS) is 16.2. The van der Waals surface area contributed by atoms with E-state index >= 15 is 0 Å². The molecule has 0 N–H and O–H groups in total. The van der Waals surface area contributed by atoms with E-state index in [2.05, 4.69) is 85.8 Å². The van der Waals surface area contributed by atoms with Gasteiger partial charge in [-0.25, -0.2) is 0 Å². The molecule has 3 aromatic rings. The summed E-state index contributed by atoms with van der Waals surface area (Å²) in [5.41, 5.74) is 7.54. The molecule has 0 saturated carbocycles. The molecule has 1 heteroatoms. The summed E-state index contributed by atoms with van der Waals surface area (Å²) >= 11 is 0. The van der Waals surface area contributed by atoms with Crippen LogP contribution in [-0.4, -0.2) is 7.11 Å². The average Bonchev–Trinajstić information content (AvgIpc) is 2.97. The van der Waals surface area contributed by atoms with Gasteiger partial charge in [0.25, 0.3) is 0 Å². The molecule has 1 nitrogen and oxygen atoms in total. The molecule has 1 unspecified atom stereocenters.